The van der Waals surface area contributed by atoms with E-state index in [2.05, 4.69) is 31.1 Å². The number of thiazole rings is 1. The van der Waals surface area contributed by atoms with Crippen LogP contribution in [0, 0.1) is 0 Å². The van der Waals surface area contributed by atoms with Gasteiger partial charge in [-0.05, 0) is 6.07 Å². The summed E-state index contributed by atoms with van der Waals surface area (Å²) in [5, 5.41) is 6.25. The molecule has 1 atom stereocenters. The molecular formula is C19H25N3O2S. The van der Waals surface area contributed by atoms with Gasteiger partial charge in [0.05, 0.1) is 18.2 Å². The van der Waals surface area contributed by atoms with Crippen LogP contribution in [0.15, 0.2) is 29.6 Å². The van der Waals surface area contributed by atoms with Gasteiger partial charge in [-0.25, -0.2) is 4.98 Å². The van der Waals surface area contributed by atoms with Crippen LogP contribution in [0.2, 0.25) is 0 Å². The average molecular weight is 359 g/mol. The Balaban J connectivity index is 1.90. The maximum Gasteiger partial charge on any atom is 0.273 e. The van der Waals surface area contributed by atoms with Crippen molar-refractivity contribution in [3.05, 3.63) is 45.9 Å². The molecule has 6 heteroatoms. The summed E-state index contributed by atoms with van der Waals surface area (Å²) in [6.45, 7) is 8.49. The van der Waals surface area contributed by atoms with Crippen molar-refractivity contribution in [2.45, 2.75) is 32.2 Å². The normalized spacial score (nSPS) is 18.2. The molecule has 25 heavy (non-hydrogen) atoms. The van der Waals surface area contributed by atoms with Gasteiger partial charge in [-0.15, -0.1) is 11.3 Å². The first-order valence-electron chi connectivity index (χ1n) is 8.52. The molecule has 0 bridgehead atoms. The van der Waals surface area contributed by atoms with Crippen LogP contribution in [0.1, 0.15) is 47.9 Å². The standard InChI is InChI=1S/C19H25N3O2S/c1-19(2,3)18-21-14(12-25-18)17(23)22-10-9-20-11-15(22)13-7-5-6-8-16(13)24-4/h5-8,12,15,20H,9-11H2,1-4H3. The lowest BCUT2D eigenvalue weighted by molar-refractivity contribution is 0.0626. The lowest BCUT2D eigenvalue weighted by atomic mass is 9.98. The van der Waals surface area contributed by atoms with Crippen molar-refractivity contribution in [2.75, 3.05) is 26.7 Å². The van der Waals surface area contributed by atoms with Crippen molar-refractivity contribution < 1.29 is 9.53 Å². The van der Waals surface area contributed by atoms with Crippen LogP contribution in [-0.4, -0.2) is 42.5 Å². The molecule has 0 saturated carbocycles. The molecule has 1 fully saturated rings. The van der Waals surface area contributed by atoms with Crippen molar-refractivity contribution >= 4 is 17.2 Å². The fourth-order valence-corrected chi connectivity index (χ4v) is 3.91. The van der Waals surface area contributed by atoms with Gasteiger partial charge < -0.3 is 15.0 Å². The molecule has 1 saturated heterocycles. The highest BCUT2D eigenvalue weighted by atomic mass is 32.1. The van der Waals surface area contributed by atoms with Crippen LogP contribution < -0.4 is 10.1 Å². The zero-order valence-corrected chi connectivity index (χ0v) is 16.0. The number of amides is 1. The third kappa shape index (κ3) is 3.70. The fourth-order valence-electron chi connectivity index (χ4n) is 3.03. The number of para-hydroxylation sites is 1. The van der Waals surface area contributed by atoms with Crippen LogP contribution in [0.4, 0.5) is 0 Å². The van der Waals surface area contributed by atoms with Gasteiger partial charge in [0.15, 0.2) is 0 Å². The van der Waals surface area contributed by atoms with E-state index in [1.807, 2.05) is 34.5 Å². The van der Waals surface area contributed by atoms with E-state index in [1.54, 1.807) is 18.4 Å². The third-order valence-electron chi connectivity index (χ3n) is 4.37. The van der Waals surface area contributed by atoms with Gasteiger partial charge in [-0.2, -0.15) is 0 Å². The molecule has 134 valence electrons. The highest BCUT2D eigenvalue weighted by molar-refractivity contribution is 7.10. The summed E-state index contributed by atoms with van der Waals surface area (Å²) in [6.07, 6.45) is 0. The molecule has 1 unspecified atom stereocenters. The maximum absolute atomic E-state index is 13.1. The molecular weight excluding hydrogens is 334 g/mol. The van der Waals surface area contributed by atoms with Crippen molar-refractivity contribution in [2.24, 2.45) is 0 Å². The number of aromatic nitrogens is 1. The number of methoxy groups -OCH3 is 1. The van der Waals surface area contributed by atoms with Crippen LogP contribution in [0.3, 0.4) is 0 Å². The first kappa shape index (κ1) is 17.9. The molecule has 0 spiro atoms. The van der Waals surface area contributed by atoms with Gasteiger partial charge in [0.1, 0.15) is 11.4 Å². The summed E-state index contributed by atoms with van der Waals surface area (Å²) in [5.41, 5.74) is 1.52. The lowest BCUT2D eigenvalue weighted by Crippen LogP contribution is -2.48. The topological polar surface area (TPSA) is 54.5 Å². The van der Waals surface area contributed by atoms with Crippen molar-refractivity contribution in [3.63, 3.8) is 0 Å². The number of ether oxygens (including phenoxy) is 1. The minimum Gasteiger partial charge on any atom is -0.496 e. The quantitative estimate of drug-likeness (QED) is 0.914. The third-order valence-corrected chi connectivity index (χ3v) is 5.64. The summed E-state index contributed by atoms with van der Waals surface area (Å²) in [7, 11) is 1.66. The number of rotatable bonds is 3. The van der Waals surface area contributed by atoms with Gasteiger partial charge in [0, 0.05) is 36.0 Å². The van der Waals surface area contributed by atoms with Gasteiger partial charge in [-0.3, -0.25) is 4.79 Å². The van der Waals surface area contributed by atoms with Gasteiger partial charge >= 0.3 is 0 Å². The van der Waals surface area contributed by atoms with E-state index in [0.29, 0.717) is 18.8 Å². The predicted octanol–water partition coefficient (Wildman–Crippen LogP) is 3.24. The van der Waals surface area contributed by atoms with Crippen molar-refractivity contribution in [1.29, 1.82) is 0 Å². The number of nitrogens with zero attached hydrogens (tertiary/aromatic N) is 2. The molecule has 2 aromatic rings. The van der Waals surface area contributed by atoms with Gasteiger partial charge in [-0.1, -0.05) is 39.0 Å². The Morgan fingerprint density at radius 1 is 1.36 bits per heavy atom. The van der Waals surface area contributed by atoms with Crippen LogP contribution >= 0.6 is 11.3 Å². The first-order valence-corrected chi connectivity index (χ1v) is 9.40. The number of carbonyl (C=O) groups excluding carboxylic acids is 1. The number of carbonyl (C=O) groups is 1. The Hall–Kier alpha value is -1.92. The molecule has 2 heterocycles. The fraction of sp³-hybridized carbons (Fsp3) is 0.474. The molecule has 1 aromatic heterocycles. The minimum absolute atomic E-state index is 0.0100. The zero-order chi connectivity index (χ0) is 18.0. The monoisotopic (exact) mass is 359 g/mol. The highest BCUT2D eigenvalue weighted by Crippen LogP contribution is 2.32. The molecule has 1 amide bonds. The number of hydrogen-bond donors (Lipinski definition) is 1. The number of piperazine rings is 1. The summed E-state index contributed by atoms with van der Waals surface area (Å²) >= 11 is 1.55. The van der Waals surface area contributed by atoms with Crippen LogP contribution in [0.5, 0.6) is 5.75 Å². The Morgan fingerprint density at radius 2 is 2.12 bits per heavy atom. The van der Waals surface area contributed by atoms with E-state index >= 15 is 0 Å². The molecule has 0 radical (unpaired) electrons. The molecule has 1 N–H and O–H groups in total. The van der Waals surface area contributed by atoms with E-state index < -0.39 is 0 Å². The molecule has 1 aliphatic heterocycles. The summed E-state index contributed by atoms with van der Waals surface area (Å²) in [5.74, 6) is 0.798. The van der Waals surface area contributed by atoms with Crippen molar-refractivity contribution in [1.82, 2.24) is 15.2 Å². The summed E-state index contributed by atoms with van der Waals surface area (Å²) in [6, 6.07) is 7.83. The molecule has 1 aromatic carbocycles. The van der Waals surface area contributed by atoms with Crippen LogP contribution in [0.25, 0.3) is 0 Å². The molecule has 5 nitrogen and oxygen atoms in total. The zero-order valence-electron chi connectivity index (χ0n) is 15.2. The van der Waals surface area contributed by atoms with Crippen molar-refractivity contribution in [3.8, 4) is 5.75 Å². The number of hydrogen-bond acceptors (Lipinski definition) is 5. The first-order chi connectivity index (χ1) is 11.9. The van der Waals surface area contributed by atoms with Gasteiger partial charge in [0.2, 0.25) is 0 Å². The second kappa shape index (κ2) is 7.14. The number of nitrogens with one attached hydrogen (secondary N) is 1. The van der Waals surface area contributed by atoms with E-state index in [0.717, 1.165) is 22.9 Å². The van der Waals surface area contributed by atoms with Gasteiger partial charge in [0.25, 0.3) is 5.91 Å². The van der Waals surface area contributed by atoms with Crippen LogP contribution in [-0.2, 0) is 5.41 Å². The van der Waals surface area contributed by atoms with E-state index in [-0.39, 0.29) is 17.4 Å². The average Bonchev–Trinajstić information content (AvgIpc) is 3.11. The maximum atomic E-state index is 13.1. The second-order valence-corrected chi connectivity index (χ2v) is 8.11. The summed E-state index contributed by atoms with van der Waals surface area (Å²) < 4.78 is 5.50. The molecule has 1 aliphatic rings. The Bertz CT molecular complexity index is 751. The lowest BCUT2D eigenvalue weighted by Gasteiger charge is -2.36. The predicted molar refractivity (Wildman–Crippen MR) is 100 cm³/mol. The largest absolute Gasteiger partial charge is 0.496 e. The Labute approximate surface area is 153 Å². The molecule has 3 rings (SSSR count). The highest BCUT2D eigenvalue weighted by Gasteiger charge is 2.32. The number of benzene rings is 1. The van der Waals surface area contributed by atoms with E-state index in [4.69, 9.17) is 4.74 Å². The van der Waals surface area contributed by atoms with E-state index in [1.165, 1.54) is 0 Å². The second-order valence-electron chi connectivity index (χ2n) is 7.25. The smallest absolute Gasteiger partial charge is 0.273 e. The SMILES string of the molecule is COc1ccccc1C1CNCCN1C(=O)c1csc(C(C)(C)C)n1. The summed E-state index contributed by atoms with van der Waals surface area (Å²) in [4.78, 5) is 19.6. The Kier molecular flexibility index (Phi) is 5.11. The molecule has 0 aliphatic carbocycles. The Morgan fingerprint density at radius 3 is 2.80 bits per heavy atom. The van der Waals surface area contributed by atoms with E-state index in [9.17, 15) is 4.79 Å². The minimum atomic E-state index is -0.0582.